The van der Waals surface area contributed by atoms with E-state index in [9.17, 15) is 9.90 Å². The number of anilines is 1. The molecule has 0 spiro atoms. The first-order valence-electron chi connectivity index (χ1n) is 9.27. The number of aromatic nitrogens is 1. The number of pyridine rings is 1. The van der Waals surface area contributed by atoms with Gasteiger partial charge < -0.3 is 10.8 Å². The van der Waals surface area contributed by atoms with Crippen LogP contribution in [0.3, 0.4) is 0 Å². The van der Waals surface area contributed by atoms with Gasteiger partial charge in [0.05, 0.1) is 16.0 Å². The average Bonchev–Trinajstić information content (AvgIpc) is 3.48. The highest BCUT2D eigenvalue weighted by atomic mass is 35.5. The molecule has 0 aliphatic heterocycles. The smallest absolute Gasteiger partial charge is 0.314 e. The molecule has 0 atom stereocenters. The van der Waals surface area contributed by atoms with Gasteiger partial charge in [-0.15, -0.1) is 11.3 Å². The van der Waals surface area contributed by atoms with Crippen LogP contribution in [0.1, 0.15) is 18.4 Å². The zero-order chi connectivity index (χ0) is 20.2. The van der Waals surface area contributed by atoms with E-state index < -0.39 is 11.4 Å². The van der Waals surface area contributed by atoms with Gasteiger partial charge in [-0.2, -0.15) is 0 Å². The number of rotatable bonds is 4. The minimum Gasteiger partial charge on any atom is -0.481 e. The van der Waals surface area contributed by atoms with Crippen LogP contribution >= 0.6 is 22.9 Å². The maximum Gasteiger partial charge on any atom is 0.314 e. The molecule has 29 heavy (non-hydrogen) atoms. The van der Waals surface area contributed by atoms with Gasteiger partial charge in [0.1, 0.15) is 9.98 Å². The Hall–Kier alpha value is -2.89. The van der Waals surface area contributed by atoms with Crippen molar-refractivity contribution in [2.75, 3.05) is 5.73 Å². The Kier molecular flexibility index (Phi) is 4.12. The van der Waals surface area contributed by atoms with Crippen molar-refractivity contribution in [3.05, 3.63) is 71.4 Å². The van der Waals surface area contributed by atoms with E-state index in [0.29, 0.717) is 18.0 Å². The van der Waals surface area contributed by atoms with E-state index in [4.69, 9.17) is 17.3 Å². The van der Waals surface area contributed by atoms with Gasteiger partial charge >= 0.3 is 5.97 Å². The molecule has 2 aromatic heterocycles. The van der Waals surface area contributed by atoms with Crippen LogP contribution in [0.5, 0.6) is 0 Å². The average molecular weight is 421 g/mol. The van der Waals surface area contributed by atoms with E-state index in [1.807, 2.05) is 42.5 Å². The number of carbonyl (C=O) groups is 1. The van der Waals surface area contributed by atoms with Gasteiger partial charge in [0.15, 0.2) is 0 Å². The van der Waals surface area contributed by atoms with Crippen LogP contribution in [-0.4, -0.2) is 16.1 Å². The summed E-state index contributed by atoms with van der Waals surface area (Å²) in [5, 5.41) is 10.8. The second kappa shape index (κ2) is 6.58. The lowest BCUT2D eigenvalue weighted by atomic mass is 9.93. The standard InChI is InChI=1S/C23H17ClN2O2S/c24-18-10-9-17-19(25)20(29-21(17)26-18)15-3-1-13(2-4-15)14-5-7-16(8-6-14)23(11-12-23)22(27)28/h1-10H,11-12,25H2,(H,27,28). The maximum absolute atomic E-state index is 11.5. The zero-order valence-electron chi connectivity index (χ0n) is 15.4. The van der Waals surface area contributed by atoms with Crippen LogP contribution in [0.15, 0.2) is 60.7 Å². The summed E-state index contributed by atoms with van der Waals surface area (Å²) in [5.74, 6) is -0.730. The molecule has 6 heteroatoms. The molecule has 4 nitrogen and oxygen atoms in total. The third-order valence-corrected chi connectivity index (χ3v) is 7.01. The molecule has 1 aliphatic rings. The molecule has 0 saturated heterocycles. The number of thiophene rings is 1. The second-order valence-electron chi connectivity index (χ2n) is 7.37. The third-order valence-electron chi connectivity index (χ3n) is 5.64. The Bertz CT molecular complexity index is 1240. The highest BCUT2D eigenvalue weighted by Crippen LogP contribution is 2.48. The highest BCUT2D eigenvalue weighted by Gasteiger charge is 2.51. The molecule has 0 bridgehead atoms. The molecular weight excluding hydrogens is 404 g/mol. The number of halogens is 1. The lowest BCUT2D eigenvalue weighted by Crippen LogP contribution is -2.19. The molecule has 1 saturated carbocycles. The zero-order valence-corrected chi connectivity index (χ0v) is 16.9. The predicted molar refractivity (Wildman–Crippen MR) is 118 cm³/mol. The first-order valence-corrected chi connectivity index (χ1v) is 10.5. The Labute approximate surface area is 176 Å². The second-order valence-corrected chi connectivity index (χ2v) is 8.76. The molecule has 2 heterocycles. The Balaban J connectivity index is 1.45. The maximum atomic E-state index is 11.5. The van der Waals surface area contributed by atoms with Gasteiger partial charge in [-0.25, -0.2) is 4.98 Å². The number of hydrogen-bond acceptors (Lipinski definition) is 4. The van der Waals surface area contributed by atoms with E-state index >= 15 is 0 Å². The van der Waals surface area contributed by atoms with Crippen LogP contribution in [0.2, 0.25) is 5.15 Å². The van der Waals surface area contributed by atoms with E-state index in [1.165, 1.54) is 11.3 Å². The Morgan fingerprint density at radius 3 is 2.14 bits per heavy atom. The van der Waals surface area contributed by atoms with Crippen LogP contribution in [-0.2, 0) is 10.2 Å². The van der Waals surface area contributed by atoms with Crippen LogP contribution in [0.25, 0.3) is 31.8 Å². The monoisotopic (exact) mass is 420 g/mol. The van der Waals surface area contributed by atoms with E-state index in [0.717, 1.165) is 43.0 Å². The SMILES string of the molecule is Nc1c(-c2ccc(-c3ccc(C4(C(=O)O)CC4)cc3)cc2)sc2nc(Cl)ccc12. The van der Waals surface area contributed by atoms with Gasteiger partial charge in [0.2, 0.25) is 0 Å². The number of fused-ring (bicyclic) bond motifs is 1. The van der Waals surface area contributed by atoms with Gasteiger partial charge in [-0.3, -0.25) is 4.79 Å². The van der Waals surface area contributed by atoms with Crippen molar-refractivity contribution in [1.29, 1.82) is 0 Å². The molecular formula is C23H17ClN2O2S. The third kappa shape index (κ3) is 2.98. The van der Waals surface area contributed by atoms with Crippen molar-refractivity contribution >= 4 is 44.8 Å². The fourth-order valence-corrected chi connectivity index (χ4v) is 5.03. The topological polar surface area (TPSA) is 76.2 Å². The lowest BCUT2D eigenvalue weighted by Gasteiger charge is -2.11. The largest absolute Gasteiger partial charge is 0.481 e. The normalized spacial score (nSPS) is 14.8. The van der Waals surface area contributed by atoms with Gasteiger partial charge in [-0.1, -0.05) is 60.1 Å². The van der Waals surface area contributed by atoms with Gasteiger partial charge in [-0.05, 0) is 47.2 Å². The summed E-state index contributed by atoms with van der Waals surface area (Å²) in [5.41, 5.74) is 10.4. The molecule has 0 amide bonds. The summed E-state index contributed by atoms with van der Waals surface area (Å²) in [7, 11) is 0. The number of nitrogen functional groups attached to an aromatic ring is 1. The number of nitrogens with zero attached hydrogens (tertiary/aromatic N) is 1. The molecule has 4 aromatic rings. The molecule has 0 radical (unpaired) electrons. The first kappa shape index (κ1) is 18.2. The Morgan fingerprint density at radius 1 is 0.966 bits per heavy atom. The Morgan fingerprint density at radius 2 is 1.55 bits per heavy atom. The van der Waals surface area contributed by atoms with E-state index in [1.54, 1.807) is 6.07 Å². The van der Waals surface area contributed by atoms with Crippen LogP contribution in [0, 0.1) is 0 Å². The summed E-state index contributed by atoms with van der Waals surface area (Å²) in [6.07, 6.45) is 1.43. The predicted octanol–water partition coefficient (Wildman–Crippen LogP) is 5.98. The summed E-state index contributed by atoms with van der Waals surface area (Å²) >= 11 is 7.53. The van der Waals surface area contributed by atoms with Crippen LogP contribution < -0.4 is 5.73 Å². The number of nitrogens with two attached hydrogens (primary N) is 1. The summed E-state index contributed by atoms with van der Waals surface area (Å²) < 4.78 is 0. The number of benzene rings is 2. The minimum absolute atomic E-state index is 0.458. The summed E-state index contributed by atoms with van der Waals surface area (Å²) in [6.45, 7) is 0. The molecule has 0 unspecified atom stereocenters. The molecule has 5 rings (SSSR count). The van der Waals surface area contributed by atoms with E-state index in [-0.39, 0.29) is 0 Å². The molecule has 144 valence electrons. The summed E-state index contributed by atoms with van der Waals surface area (Å²) in [4.78, 5) is 17.7. The number of aliphatic carboxylic acids is 1. The summed E-state index contributed by atoms with van der Waals surface area (Å²) in [6, 6.07) is 19.7. The van der Waals surface area contributed by atoms with Crippen molar-refractivity contribution in [3.63, 3.8) is 0 Å². The fraction of sp³-hybridized carbons (Fsp3) is 0.130. The highest BCUT2D eigenvalue weighted by molar-refractivity contribution is 7.22. The van der Waals surface area contributed by atoms with Crippen molar-refractivity contribution in [1.82, 2.24) is 4.98 Å². The quantitative estimate of drug-likeness (QED) is 0.398. The lowest BCUT2D eigenvalue weighted by molar-refractivity contribution is -0.140. The number of hydrogen-bond donors (Lipinski definition) is 2. The fourth-order valence-electron chi connectivity index (χ4n) is 3.74. The molecule has 2 aromatic carbocycles. The molecule has 1 aliphatic carbocycles. The first-order chi connectivity index (χ1) is 14.0. The van der Waals surface area contributed by atoms with Crippen LogP contribution in [0.4, 0.5) is 5.69 Å². The molecule has 1 fully saturated rings. The van der Waals surface area contributed by atoms with Crippen molar-refractivity contribution < 1.29 is 9.90 Å². The van der Waals surface area contributed by atoms with Crippen molar-refractivity contribution in [3.8, 4) is 21.6 Å². The van der Waals surface area contributed by atoms with Gasteiger partial charge in [0, 0.05) is 5.39 Å². The van der Waals surface area contributed by atoms with Crippen molar-refractivity contribution in [2.24, 2.45) is 0 Å². The van der Waals surface area contributed by atoms with Crippen molar-refractivity contribution in [2.45, 2.75) is 18.3 Å². The number of carboxylic acids is 1. The number of carboxylic acid groups (broad SMARTS) is 1. The van der Waals surface area contributed by atoms with E-state index in [2.05, 4.69) is 17.1 Å². The molecule has 3 N–H and O–H groups in total. The minimum atomic E-state index is -0.730. The van der Waals surface area contributed by atoms with Gasteiger partial charge in [0.25, 0.3) is 0 Å².